The molecule has 0 N–H and O–H groups in total. The SMILES string of the molecule is Cc1nnc2n1CCCC2(C)[I-]Cc1nnc2n1CCOC2(C)I. The third-order valence-corrected chi connectivity index (χ3v) is 9.39. The molecule has 4 rings (SSSR count). The van der Waals surface area contributed by atoms with E-state index in [2.05, 4.69) is 72.9 Å². The topological polar surface area (TPSA) is 70.7 Å². The summed E-state index contributed by atoms with van der Waals surface area (Å²) in [5, 5.41) is 17.7. The summed E-state index contributed by atoms with van der Waals surface area (Å²) >= 11 is 2.17. The molecular formula is C15H21I2N6O-. The molecule has 132 valence electrons. The minimum absolute atomic E-state index is 0.146. The second kappa shape index (κ2) is 6.15. The zero-order valence-electron chi connectivity index (χ0n) is 14.1. The zero-order chi connectivity index (χ0) is 16.9. The number of ether oxygens (including phenoxy) is 1. The van der Waals surface area contributed by atoms with Crippen LogP contribution in [0.15, 0.2) is 0 Å². The first-order valence-corrected chi connectivity index (χ1v) is 11.8. The molecule has 0 fully saturated rings. The minimum atomic E-state index is -0.369. The molecule has 0 amide bonds. The van der Waals surface area contributed by atoms with Crippen LogP contribution >= 0.6 is 22.6 Å². The number of hydrogen-bond donors (Lipinski definition) is 0. The van der Waals surface area contributed by atoms with E-state index in [0.29, 0.717) is 0 Å². The van der Waals surface area contributed by atoms with Crippen LogP contribution in [0.3, 0.4) is 0 Å². The zero-order valence-corrected chi connectivity index (χ0v) is 18.4. The number of aryl methyl sites for hydroxylation is 1. The summed E-state index contributed by atoms with van der Waals surface area (Å²) in [4.78, 5) is 0. The van der Waals surface area contributed by atoms with Crippen molar-refractivity contribution in [2.75, 3.05) is 6.61 Å². The second-order valence-electron chi connectivity index (χ2n) is 6.65. The van der Waals surface area contributed by atoms with Crippen LogP contribution in [-0.4, -0.2) is 36.1 Å². The van der Waals surface area contributed by atoms with E-state index in [4.69, 9.17) is 4.74 Å². The van der Waals surface area contributed by atoms with Gasteiger partial charge >= 0.3 is 166 Å². The van der Waals surface area contributed by atoms with Crippen LogP contribution in [0.2, 0.25) is 0 Å². The third kappa shape index (κ3) is 2.79. The molecule has 0 spiro atoms. The molecule has 2 unspecified atom stereocenters. The van der Waals surface area contributed by atoms with Crippen molar-refractivity contribution < 1.29 is 25.9 Å². The first-order chi connectivity index (χ1) is 11.4. The van der Waals surface area contributed by atoms with Gasteiger partial charge in [-0.15, -0.1) is 0 Å². The quantitative estimate of drug-likeness (QED) is 0.364. The molecule has 7 nitrogen and oxygen atoms in total. The molecular weight excluding hydrogens is 534 g/mol. The van der Waals surface area contributed by atoms with Crippen LogP contribution < -0.4 is 21.2 Å². The van der Waals surface area contributed by atoms with E-state index in [0.717, 1.165) is 41.6 Å². The van der Waals surface area contributed by atoms with Crippen LogP contribution in [-0.2, 0) is 29.3 Å². The van der Waals surface area contributed by atoms with Crippen molar-refractivity contribution in [1.82, 2.24) is 29.5 Å². The normalized spacial score (nSPS) is 29.5. The van der Waals surface area contributed by atoms with Crippen molar-refractivity contribution in [1.29, 1.82) is 0 Å². The average Bonchev–Trinajstić information content (AvgIpc) is 3.12. The van der Waals surface area contributed by atoms with Gasteiger partial charge in [0.15, 0.2) is 0 Å². The molecule has 0 aromatic carbocycles. The fourth-order valence-corrected chi connectivity index (χ4v) is 7.31. The Morgan fingerprint density at radius 1 is 1.12 bits per heavy atom. The molecule has 2 aliphatic rings. The fourth-order valence-electron chi connectivity index (χ4n) is 3.44. The molecule has 4 heterocycles. The van der Waals surface area contributed by atoms with E-state index in [1.807, 2.05) is 0 Å². The summed E-state index contributed by atoms with van der Waals surface area (Å²) in [5.41, 5.74) is 0. The van der Waals surface area contributed by atoms with Gasteiger partial charge in [0.25, 0.3) is 0 Å². The third-order valence-electron chi connectivity index (χ3n) is 4.83. The molecule has 2 aromatic heterocycles. The predicted molar refractivity (Wildman–Crippen MR) is 92.4 cm³/mol. The van der Waals surface area contributed by atoms with Crippen molar-refractivity contribution in [2.24, 2.45) is 0 Å². The molecule has 0 aliphatic carbocycles. The van der Waals surface area contributed by atoms with E-state index in [1.165, 1.54) is 18.7 Å². The molecule has 24 heavy (non-hydrogen) atoms. The molecule has 0 saturated heterocycles. The van der Waals surface area contributed by atoms with Crippen LogP contribution in [0.1, 0.15) is 50.0 Å². The molecule has 0 saturated carbocycles. The Morgan fingerprint density at radius 3 is 2.75 bits per heavy atom. The number of nitrogens with zero attached hydrogens (tertiary/aromatic N) is 6. The van der Waals surface area contributed by atoms with E-state index in [1.54, 1.807) is 0 Å². The molecule has 2 aliphatic heterocycles. The first-order valence-electron chi connectivity index (χ1n) is 8.17. The summed E-state index contributed by atoms with van der Waals surface area (Å²) in [5.74, 6) is 4.27. The van der Waals surface area contributed by atoms with Crippen molar-refractivity contribution in [3.63, 3.8) is 0 Å². The number of halogens is 2. The van der Waals surface area contributed by atoms with Crippen molar-refractivity contribution >= 4 is 22.6 Å². The van der Waals surface area contributed by atoms with Crippen molar-refractivity contribution in [2.45, 2.75) is 58.2 Å². The average molecular weight is 555 g/mol. The van der Waals surface area contributed by atoms with Crippen LogP contribution in [0, 0.1) is 6.92 Å². The van der Waals surface area contributed by atoms with Gasteiger partial charge in [0.2, 0.25) is 0 Å². The summed E-state index contributed by atoms with van der Waals surface area (Å²) in [6.45, 7) is 9.10. The Balaban J connectivity index is 1.57. The number of fused-ring (bicyclic) bond motifs is 2. The molecule has 2 atom stereocenters. The Morgan fingerprint density at radius 2 is 1.92 bits per heavy atom. The first kappa shape index (κ1) is 17.1. The van der Waals surface area contributed by atoms with Gasteiger partial charge in [-0.25, -0.2) is 0 Å². The number of aromatic nitrogens is 6. The summed E-state index contributed by atoms with van der Waals surface area (Å²) < 4.78 is 11.2. The van der Waals surface area contributed by atoms with Gasteiger partial charge in [-0.2, -0.15) is 0 Å². The monoisotopic (exact) mass is 555 g/mol. The van der Waals surface area contributed by atoms with E-state index in [-0.39, 0.29) is 28.2 Å². The van der Waals surface area contributed by atoms with Gasteiger partial charge in [-0.05, 0) is 0 Å². The van der Waals surface area contributed by atoms with E-state index < -0.39 is 0 Å². The summed E-state index contributed by atoms with van der Waals surface area (Å²) in [6, 6.07) is 0. The number of alkyl halides is 3. The van der Waals surface area contributed by atoms with E-state index >= 15 is 0 Å². The standard InChI is InChI=1S/C15H21I2N6O/c1-10-18-20-12-14(2,5-4-6-22(10)12)17-9-11-19-21-13-15(3,16)24-8-7-23(11)13/h4-9H2,1-3H3/q-1. The maximum atomic E-state index is 5.82. The summed E-state index contributed by atoms with van der Waals surface area (Å²) in [7, 11) is 0. The molecule has 0 radical (unpaired) electrons. The van der Waals surface area contributed by atoms with Crippen LogP contribution in [0.4, 0.5) is 0 Å². The van der Waals surface area contributed by atoms with Crippen LogP contribution in [0.25, 0.3) is 0 Å². The number of hydrogen-bond acceptors (Lipinski definition) is 5. The van der Waals surface area contributed by atoms with Crippen molar-refractivity contribution in [3.05, 3.63) is 23.3 Å². The Labute approximate surface area is 165 Å². The Bertz CT molecular complexity index is 770. The van der Waals surface area contributed by atoms with E-state index in [9.17, 15) is 0 Å². The van der Waals surface area contributed by atoms with Gasteiger partial charge in [0.1, 0.15) is 0 Å². The van der Waals surface area contributed by atoms with Crippen LogP contribution in [0.5, 0.6) is 0 Å². The van der Waals surface area contributed by atoms with Gasteiger partial charge in [0.05, 0.1) is 0 Å². The second-order valence-corrected chi connectivity index (χ2v) is 12.6. The molecule has 2 aromatic rings. The van der Waals surface area contributed by atoms with Gasteiger partial charge in [-0.3, -0.25) is 0 Å². The van der Waals surface area contributed by atoms with Gasteiger partial charge in [-0.1, -0.05) is 0 Å². The molecule has 9 heteroatoms. The fraction of sp³-hybridized carbons (Fsp3) is 0.733. The van der Waals surface area contributed by atoms with Gasteiger partial charge in [0, 0.05) is 0 Å². The maximum absolute atomic E-state index is 5.82. The predicted octanol–water partition coefficient (Wildman–Crippen LogP) is -0.886. The van der Waals surface area contributed by atoms with Gasteiger partial charge < -0.3 is 0 Å². The van der Waals surface area contributed by atoms with Crippen molar-refractivity contribution in [3.8, 4) is 0 Å². The number of rotatable bonds is 3. The Hall–Kier alpha value is -0.300. The molecule has 0 bridgehead atoms. The summed E-state index contributed by atoms with van der Waals surface area (Å²) in [6.07, 6.45) is 2.41. The Kier molecular flexibility index (Phi) is 4.39.